The number of nitrogens with zero attached hydrogens (tertiary/aromatic N) is 4. The van der Waals surface area contributed by atoms with Gasteiger partial charge in [0.25, 0.3) is 5.91 Å². The van der Waals surface area contributed by atoms with Crippen LogP contribution in [0.3, 0.4) is 0 Å². The van der Waals surface area contributed by atoms with Crippen LogP contribution in [0.5, 0.6) is 0 Å². The van der Waals surface area contributed by atoms with Crippen LogP contribution >= 0.6 is 0 Å². The normalized spacial score (nSPS) is 14.2. The predicted molar refractivity (Wildman–Crippen MR) is 55.7 cm³/mol. The molecule has 78 valence electrons. The molecule has 0 bridgehead atoms. The van der Waals surface area contributed by atoms with Crippen LogP contribution in [0.15, 0.2) is 18.5 Å². The van der Waals surface area contributed by atoms with Crippen molar-refractivity contribution in [2.75, 3.05) is 7.05 Å². The Balaban J connectivity index is 2.47. The van der Waals surface area contributed by atoms with Gasteiger partial charge in [0, 0.05) is 31.5 Å². The molecule has 0 fully saturated rings. The average Bonchev–Trinajstić information content (AvgIpc) is 2.65. The first-order chi connectivity index (χ1) is 7.72. The number of hydrogen-bond donors (Lipinski definition) is 0. The SMILES string of the molecule is CN1Cc2cc(C#N)n3ccnc(c23)C1=O. The lowest BCUT2D eigenvalue weighted by molar-refractivity contribution is 0.0774. The Labute approximate surface area is 91.5 Å². The molecule has 2 aromatic heterocycles. The minimum atomic E-state index is -0.0966. The minimum Gasteiger partial charge on any atom is -0.336 e. The van der Waals surface area contributed by atoms with Crippen molar-refractivity contribution >= 4 is 11.4 Å². The zero-order valence-corrected chi connectivity index (χ0v) is 8.64. The van der Waals surface area contributed by atoms with E-state index in [1.54, 1.807) is 28.7 Å². The molecule has 0 aliphatic carbocycles. The summed E-state index contributed by atoms with van der Waals surface area (Å²) in [5.74, 6) is -0.0966. The highest BCUT2D eigenvalue weighted by atomic mass is 16.2. The van der Waals surface area contributed by atoms with E-state index in [0.717, 1.165) is 11.1 Å². The van der Waals surface area contributed by atoms with Gasteiger partial charge < -0.3 is 9.30 Å². The zero-order chi connectivity index (χ0) is 11.3. The van der Waals surface area contributed by atoms with Crippen molar-refractivity contribution in [3.8, 4) is 6.07 Å². The van der Waals surface area contributed by atoms with Crippen LogP contribution in [-0.2, 0) is 6.54 Å². The molecule has 5 nitrogen and oxygen atoms in total. The Bertz CT molecular complexity index is 650. The molecule has 3 rings (SSSR count). The molecule has 0 N–H and O–H groups in total. The van der Waals surface area contributed by atoms with Gasteiger partial charge in [0.15, 0.2) is 5.69 Å². The second-order valence-corrected chi connectivity index (χ2v) is 3.82. The summed E-state index contributed by atoms with van der Waals surface area (Å²) in [6.07, 6.45) is 3.25. The fourth-order valence-corrected chi connectivity index (χ4v) is 2.11. The third kappa shape index (κ3) is 0.932. The fraction of sp³-hybridized carbons (Fsp3) is 0.182. The van der Waals surface area contributed by atoms with Crippen molar-refractivity contribution in [2.24, 2.45) is 0 Å². The minimum absolute atomic E-state index is 0.0966. The number of nitriles is 1. The van der Waals surface area contributed by atoms with Crippen molar-refractivity contribution in [3.63, 3.8) is 0 Å². The summed E-state index contributed by atoms with van der Waals surface area (Å²) in [6, 6.07) is 3.92. The molecule has 1 aliphatic heterocycles. The number of amides is 1. The van der Waals surface area contributed by atoms with Crippen molar-refractivity contribution in [3.05, 3.63) is 35.4 Å². The van der Waals surface area contributed by atoms with Crippen molar-refractivity contribution in [2.45, 2.75) is 6.54 Å². The van der Waals surface area contributed by atoms with Gasteiger partial charge in [-0.3, -0.25) is 4.79 Å². The lowest BCUT2D eigenvalue weighted by Gasteiger charge is -2.21. The fourth-order valence-electron chi connectivity index (χ4n) is 2.11. The molecule has 1 amide bonds. The van der Waals surface area contributed by atoms with E-state index < -0.39 is 0 Å². The molecule has 0 radical (unpaired) electrons. The van der Waals surface area contributed by atoms with Gasteiger partial charge in [-0.05, 0) is 6.07 Å². The maximum atomic E-state index is 11.9. The monoisotopic (exact) mass is 212 g/mol. The standard InChI is InChI=1S/C11H8N4O/c1-14-6-7-4-8(5-12)15-3-2-13-9(10(7)15)11(14)16/h2-4H,6H2,1H3. The van der Waals surface area contributed by atoms with Gasteiger partial charge in [0.05, 0.1) is 5.52 Å². The number of aromatic nitrogens is 2. The van der Waals surface area contributed by atoms with Gasteiger partial charge >= 0.3 is 0 Å². The van der Waals surface area contributed by atoms with Gasteiger partial charge in [0.1, 0.15) is 11.8 Å². The number of rotatable bonds is 0. The molecule has 0 saturated carbocycles. The Hall–Kier alpha value is -2.35. The highest BCUT2D eigenvalue weighted by Crippen LogP contribution is 2.25. The lowest BCUT2D eigenvalue weighted by atomic mass is 10.1. The van der Waals surface area contributed by atoms with Crippen LogP contribution in [0.4, 0.5) is 0 Å². The molecule has 0 saturated heterocycles. The van der Waals surface area contributed by atoms with Crippen LogP contribution in [0.2, 0.25) is 0 Å². The molecular formula is C11H8N4O. The molecule has 1 aliphatic rings. The third-order valence-corrected chi connectivity index (χ3v) is 2.83. The summed E-state index contributed by atoms with van der Waals surface area (Å²) in [4.78, 5) is 17.6. The van der Waals surface area contributed by atoms with Gasteiger partial charge in [-0.2, -0.15) is 5.26 Å². The zero-order valence-electron chi connectivity index (χ0n) is 8.64. The predicted octanol–water partition coefficient (Wildman–Crippen LogP) is 0.792. The van der Waals surface area contributed by atoms with Crippen LogP contribution in [0, 0.1) is 11.3 Å². The van der Waals surface area contributed by atoms with E-state index in [4.69, 9.17) is 5.26 Å². The number of hydrogen-bond acceptors (Lipinski definition) is 3. The highest BCUT2D eigenvalue weighted by Gasteiger charge is 2.26. The summed E-state index contributed by atoms with van der Waals surface area (Å²) in [5, 5.41) is 9.00. The molecule has 0 unspecified atom stereocenters. The smallest absolute Gasteiger partial charge is 0.274 e. The van der Waals surface area contributed by atoms with Crippen molar-refractivity contribution in [1.82, 2.24) is 14.3 Å². The first kappa shape index (κ1) is 8.92. The largest absolute Gasteiger partial charge is 0.336 e. The Kier molecular flexibility index (Phi) is 1.57. The average molecular weight is 212 g/mol. The summed E-state index contributed by atoms with van der Waals surface area (Å²) in [5.41, 5.74) is 2.70. The van der Waals surface area contributed by atoms with Gasteiger partial charge in [-0.15, -0.1) is 0 Å². The molecule has 0 spiro atoms. The van der Waals surface area contributed by atoms with E-state index >= 15 is 0 Å². The topological polar surface area (TPSA) is 61.4 Å². The molecule has 0 aromatic carbocycles. The summed E-state index contributed by atoms with van der Waals surface area (Å²) >= 11 is 0. The summed E-state index contributed by atoms with van der Waals surface area (Å²) < 4.78 is 1.72. The van der Waals surface area contributed by atoms with Crippen molar-refractivity contribution < 1.29 is 4.79 Å². The van der Waals surface area contributed by atoms with Crippen molar-refractivity contribution in [1.29, 1.82) is 5.26 Å². The Morgan fingerprint density at radius 3 is 3.12 bits per heavy atom. The first-order valence-corrected chi connectivity index (χ1v) is 4.87. The quantitative estimate of drug-likeness (QED) is 0.648. The lowest BCUT2D eigenvalue weighted by Crippen LogP contribution is -2.30. The molecule has 5 heteroatoms. The van der Waals surface area contributed by atoms with E-state index in [1.807, 2.05) is 6.07 Å². The molecule has 16 heavy (non-hydrogen) atoms. The van der Waals surface area contributed by atoms with Crippen LogP contribution in [-0.4, -0.2) is 27.2 Å². The third-order valence-electron chi connectivity index (χ3n) is 2.83. The second-order valence-electron chi connectivity index (χ2n) is 3.82. The summed E-state index contributed by atoms with van der Waals surface area (Å²) in [7, 11) is 1.73. The Morgan fingerprint density at radius 2 is 2.38 bits per heavy atom. The highest BCUT2D eigenvalue weighted by molar-refractivity contribution is 6.01. The van der Waals surface area contributed by atoms with Crippen LogP contribution in [0.1, 0.15) is 21.7 Å². The van der Waals surface area contributed by atoms with E-state index in [2.05, 4.69) is 11.1 Å². The molecule has 2 aromatic rings. The molecular weight excluding hydrogens is 204 g/mol. The Morgan fingerprint density at radius 1 is 1.56 bits per heavy atom. The second kappa shape index (κ2) is 2.83. The van der Waals surface area contributed by atoms with E-state index in [1.165, 1.54) is 0 Å². The summed E-state index contributed by atoms with van der Waals surface area (Å²) in [6.45, 7) is 0.530. The first-order valence-electron chi connectivity index (χ1n) is 4.87. The number of carbonyl (C=O) groups is 1. The molecule has 3 heterocycles. The van der Waals surface area contributed by atoms with E-state index in [0.29, 0.717) is 17.9 Å². The van der Waals surface area contributed by atoms with E-state index in [-0.39, 0.29) is 5.91 Å². The maximum absolute atomic E-state index is 11.9. The van der Waals surface area contributed by atoms with E-state index in [9.17, 15) is 4.79 Å². The van der Waals surface area contributed by atoms with Gasteiger partial charge in [0.2, 0.25) is 0 Å². The molecule has 0 atom stereocenters. The van der Waals surface area contributed by atoms with Crippen LogP contribution < -0.4 is 0 Å². The van der Waals surface area contributed by atoms with Gasteiger partial charge in [-0.25, -0.2) is 4.98 Å². The van der Waals surface area contributed by atoms with Gasteiger partial charge in [-0.1, -0.05) is 0 Å². The number of carbonyl (C=O) groups excluding carboxylic acids is 1. The van der Waals surface area contributed by atoms with Crippen LogP contribution in [0.25, 0.3) is 5.52 Å². The maximum Gasteiger partial charge on any atom is 0.274 e.